The minimum Gasteiger partial charge on any atom is -0.494 e. The van der Waals surface area contributed by atoms with Gasteiger partial charge in [0.15, 0.2) is 11.6 Å². The number of rotatable bonds is 6. The Hall–Kier alpha value is -1.56. The van der Waals surface area contributed by atoms with Crippen LogP contribution in [-0.2, 0) is 0 Å². The Bertz CT molecular complexity index is 623. The highest BCUT2D eigenvalue weighted by atomic mass is 32.2. The third-order valence-corrected chi connectivity index (χ3v) is 4.27. The van der Waals surface area contributed by atoms with Crippen molar-refractivity contribution >= 4 is 28.5 Å². The number of thioether (sulfide) groups is 1. The van der Waals surface area contributed by atoms with Gasteiger partial charge in [0, 0.05) is 24.5 Å². The van der Waals surface area contributed by atoms with Crippen LogP contribution in [0.5, 0.6) is 5.75 Å². The van der Waals surface area contributed by atoms with Crippen LogP contribution in [0.25, 0.3) is 10.9 Å². The maximum Gasteiger partial charge on any atom is 0.167 e. The first-order chi connectivity index (χ1) is 10.1. The fourth-order valence-electron chi connectivity index (χ4n) is 2.17. The number of ether oxygens (including phenoxy) is 1. The number of halogens is 1. The first kappa shape index (κ1) is 15.8. The molecule has 21 heavy (non-hydrogen) atoms. The fraction of sp³-hybridized carbons (Fsp3) is 0.467. The molecule has 0 N–H and O–H groups in total. The lowest BCUT2D eigenvalue weighted by Crippen LogP contribution is -2.30. The van der Waals surface area contributed by atoms with Gasteiger partial charge in [-0.1, -0.05) is 0 Å². The van der Waals surface area contributed by atoms with Crippen molar-refractivity contribution in [2.45, 2.75) is 19.4 Å². The van der Waals surface area contributed by atoms with E-state index in [0.29, 0.717) is 11.6 Å². The zero-order chi connectivity index (χ0) is 15.4. The van der Waals surface area contributed by atoms with Gasteiger partial charge in [0.2, 0.25) is 0 Å². The zero-order valence-electron chi connectivity index (χ0n) is 12.8. The molecule has 4 nitrogen and oxygen atoms in total. The normalized spacial score (nSPS) is 12.4. The molecule has 6 heteroatoms. The molecule has 0 aliphatic carbocycles. The van der Waals surface area contributed by atoms with Gasteiger partial charge in [-0.15, -0.1) is 0 Å². The maximum atomic E-state index is 13.8. The number of benzene rings is 1. The Morgan fingerprint density at radius 1 is 1.38 bits per heavy atom. The summed E-state index contributed by atoms with van der Waals surface area (Å²) >= 11 is 1.83. The number of methoxy groups -OCH3 is 1. The second kappa shape index (κ2) is 6.93. The highest BCUT2D eigenvalue weighted by Crippen LogP contribution is 2.29. The fourth-order valence-corrected chi connectivity index (χ4v) is 2.75. The lowest BCUT2D eigenvalue weighted by atomic mass is 10.1. The van der Waals surface area contributed by atoms with Crippen LogP contribution in [0.1, 0.15) is 13.3 Å². The molecule has 0 radical (unpaired) electrons. The van der Waals surface area contributed by atoms with E-state index in [2.05, 4.69) is 28.0 Å². The number of anilines is 1. The quantitative estimate of drug-likeness (QED) is 0.818. The third-order valence-electron chi connectivity index (χ3n) is 3.62. The topological polar surface area (TPSA) is 38.2 Å². The first-order valence-electron chi connectivity index (χ1n) is 6.78. The summed E-state index contributed by atoms with van der Waals surface area (Å²) in [6.07, 6.45) is 4.63. The number of hydrogen-bond acceptors (Lipinski definition) is 5. The molecule has 0 amide bonds. The van der Waals surface area contributed by atoms with E-state index in [1.54, 1.807) is 6.07 Å². The van der Waals surface area contributed by atoms with Gasteiger partial charge < -0.3 is 9.64 Å². The molecule has 0 fully saturated rings. The summed E-state index contributed by atoms with van der Waals surface area (Å²) in [6, 6.07) is 3.39. The van der Waals surface area contributed by atoms with Crippen molar-refractivity contribution in [2.75, 3.05) is 31.1 Å². The number of aromatic nitrogens is 2. The van der Waals surface area contributed by atoms with E-state index in [9.17, 15) is 4.39 Å². The van der Waals surface area contributed by atoms with Crippen LogP contribution in [0.15, 0.2) is 18.5 Å². The first-order valence-corrected chi connectivity index (χ1v) is 8.18. The van der Waals surface area contributed by atoms with Crippen LogP contribution >= 0.6 is 11.8 Å². The molecule has 0 saturated carbocycles. The van der Waals surface area contributed by atoms with Gasteiger partial charge in [0.1, 0.15) is 12.1 Å². The molecule has 1 heterocycles. The average molecular weight is 309 g/mol. The van der Waals surface area contributed by atoms with Gasteiger partial charge in [-0.05, 0) is 31.4 Å². The minimum atomic E-state index is -0.410. The highest BCUT2D eigenvalue weighted by molar-refractivity contribution is 7.98. The van der Waals surface area contributed by atoms with Crippen LogP contribution in [-0.4, -0.2) is 42.2 Å². The molecule has 0 bridgehead atoms. The Morgan fingerprint density at radius 2 is 2.14 bits per heavy atom. The SMILES string of the molecule is COc1cc2c(N(C)C(C)CCSC)ncnc2cc1F. The van der Waals surface area contributed by atoms with Crippen molar-refractivity contribution in [1.82, 2.24) is 9.97 Å². The standard InChI is InChI=1S/C15H20FN3OS/c1-10(5-6-21-4)19(2)15-11-7-14(20-3)12(16)8-13(11)17-9-18-15/h7-10H,5-6H2,1-4H3. The van der Waals surface area contributed by atoms with Gasteiger partial charge in [0.25, 0.3) is 0 Å². The molecular formula is C15H20FN3OS. The molecule has 1 aromatic heterocycles. The maximum absolute atomic E-state index is 13.8. The van der Waals surface area contributed by atoms with E-state index in [4.69, 9.17) is 4.74 Å². The minimum absolute atomic E-state index is 0.212. The van der Waals surface area contributed by atoms with E-state index in [-0.39, 0.29) is 5.75 Å². The van der Waals surface area contributed by atoms with Gasteiger partial charge in [0.05, 0.1) is 12.6 Å². The second-order valence-corrected chi connectivity index (χ2v) is 5.93. The molecule has 0 aliphatic heterocycles. The van der Waals surface area contributed by atoms with Crippen molar-refractivity contribution in [3.63, 3.8) is 0 Å². The average Bonchev–Trinajstić information content (AvgIpc) is 2.50. The summed E-state index contributed by atoms with van der Waals surface area (Å²) in [7, 11) is 3.46. The summed E-state index contributed by atoms with van der Waals surface area (Å²) in [5.74, 6) is 1.69. The molecule has 114 valence electrons. The monoisotopic (exact) mass is 309 g/mol. The van der Waals surface area contributed by atoms with Gasteiger partial charge >= 0.3 is 0 Å². The van der Waals surface area contributed by atoms with E-state index in [1.165, 1.54) is 19.5 Å². The van der Waals surface area contributed by atoms with E-state index in [0.717, 1.165) is 23.4 Å². The summed E-state index contributed by atoms with van der Waals surface area (Å²) in [6.45, 7) is 2.16. The predicted molar refractivity (Wildman–Crippen MR) is 86.9 cm³/mol. The van der Waals surface area contributed by atoms with Crippen LogP contribution in [0, 0.1) is 5.82 Å². The molecule has 1 unspecified atom stereocenters. The van der Waals surface area contributed by atoms with Crippen molar-refractivity contribution in [3.05, 3.63) is 24.3 Å². The summed E-state index contributed by atoms with van der Waals surface area (Å²) < 4.78 is 18.8. The Labute approximate surface area is 128 Å². The van der Waals surface area contributed by atoms with Gasteiger partial charge in [-0.3, -0.25) is 0 Å². The lowest BCUT2D eigenvalue weighted by molar-refractivity contribution is 0.387. The molecule has 0 saturated heterocycles. The molecular weight excluding hydrogens is 289 g/mol. The van der Waals surface area contributed by atoms with Gasteiger partial charge in [-0.2, -0.15) is 11.8 Å². The highest BCUT2D eigenvalue weighted by Gasteiger charge is 2.16. The smallest absolute Gasteiger partial charge is 0.167 e. The van der Waals surface area contributed by atoms with Gasteiger partial charge in [-0.25, -0.2) is 14.4 Å². The van der Waals surface area contributed by atoms with E-state index in [1.807, 2.05) is 18.8 Å². The molecule has 2 rings (SSSR count). The van der Waals surface area contributed by atoms with E-state index >= 15 is 0 Å². The number of fused-ring (bicyclic) bond motifs is 1. The molecule has 2 aromatic rings. The number of hydrogen-bond donors (Lipinski definition) is 0. The molecule has 1 atom stereocenters. The van der Waals surface area contributed by atoms with Crippen LogP contribution in [0.2, 0.25) is 0 Å². The van der Waals surface area contributed by atoms with Crippen molar-refractivity contribution in [1.29, 1.82) is 0 Å². The lowest BCUT2D eigenvalue weighted by Gasteiger charge is -2.26. The Morgan fingerprint density at radius 3 is 2.81 bits per heavy atom. The second-order valence-electron chi connectivity index (χ2n) is 4.94. The molecule has 0 spiro atoms. The van der Waals surface area contributed by atoms with E-state index < -0.39 is 5.82 Å². The van der Waals surface area contributed by atoms with Crippen LogP contribution in [0.4, 0.5) is 10.2 Å². The number of nitrogens with zero attached hydrogens (tertiary/aromatic N) is 3. The van der Waals surface area contributed by atoms with Crippen LogP contribution in [0.3, 0.4) is 0 Å². The largest absolute Gasteiger partial charge is 0.494 e. The summed E-state index contributed by atoms with van der Waals surface area (Å²) in [5, 5.41) is 0.800. The van der Waals surface area contributed by atoms with Crippen molar-refractivity contribution < 1.29 is 9.13 Å². The molecule has 0 aliphatic rings. The third kappa shape index (κ3) is 3.37. The predicted octanol–water partition coefficient (Wildman–Crippen LogP) is 3.36. The zero-order valence-corrected chi connectivity index (χ0v) is 13.6. The van der Waals surface area contributed by atoms with Crippen molar-refractivity contribution in [3.8, 4) is 5.75 Å². The molecule has 1 aromatic carbocycles. The Kier molecular flexibility index (Phi) is 5.22. The van der Waals surface area contributed by atoms with Crippen LogP contribution < -0.4 is 9.64 Å². The van der Waals surface area contributed by atoms with Crippen molar-refractivity contribution in [2.24, 2.45) is 0 Å². The summed E-state index contributed by atoms with van der Waals surface area (Å²) in [4.78, 5) is 10.6. The Balaban J connectivity index is 2.43. The summed E-state index contributed by atoms with van der Waals surface area (Å²) in [5.41, 5.74) is 0.585.